The zero-order chi connectivity index (χ0) is 16.0. The molecule has 0 spiro atoms. The van der Waals surface area contributed by atoms with E-state index in [9.17, 15) is 4.79 Å². The van der Waals surface area contributed by atoms with Crippen LogP contribution in [0.5, 0.6) is 5.75 Å². The van der Waals surface area contributed by atoms with Crippen LogP contribution in [-0.4, -0.2) is 24.2 Å². The van der Waals surface area contributed by atoms with Gasteiger partial charge in [0.2, 0.25) is 0 Å². The van der Waals surface area contributed by atoms with Gasteiger partial charge in [-0.25, -0.2) is 0 Å². The minimum atomic E-state index is -0.493. The van der Waals surface area contributed by atoms with Crippen LogP contribution in [0.1, 0.15) is 40.2 Å². The van der Waals surface area contributed by atoms with E-state index < -0.39 is 5.60 Å². The van der Waals surface area contributed by atoms with Crippen molar-refractivity contribution < 1.29 is 14.3 Å². The molecule has 4 nitrogen and oxygen atoms in total. The lowest BCUT2D eigenvalue weighted by molar-refractivity contribution is -0.159. The molecule has 0 saturated carbocycles. The summed E-state index contributed by atoms with van der Waals surface area (Å²) in [5.41, 5.74) is 6.26. The van der Waals surface area contributed by atoms with E-state index in [0.29, 0.717) is 6.42 Å². The topological polar surface area (TPSA) is 61.5 Å². The molecule has 0 radical (unpaired) electrons. The molecule has 4 heteroatoms. The molecule has 1 rings (SSSR count). The number of ether oxygens (including phenoxy) is 2. The maximum Gasteiger partial charge on any atom is 0.311 e. The zero-order valence-electron chi connectivity index (χ0n) is 13.7. The van der Waals surface area contributed by atoms with Crippen molar-refractivity contribution in [1.29, 1.82) is 0 Å². The summed E-state index contributed by atoms with van der Waals surface area (Å²) in [7, 11) is 0. The lowest BCUT2D eigenvalue weighted by Gasteiger charge is -2.23. The van der Waals surface area contributed by atoms with Crippen molar-refractivity contribution in [2.24, 2.45) is 11.7 Å². The average Bonchev–Trinajstić information content (AvgIpc) is 2.33. The van der Waals surface area contributed by atoms with Crippen LogP contribution >= 0.6 is 0 Å². The van der Waals surface area contributed by atoms with Crippen molar-refractivity contribution in [2.75, 3.05) is 6.54 Å². The summed E-state index contributed by atoms with van der Waals surface area (Å²) >= 11 is 0. The Bertz CT molecular complexity index is 463. The molecule has 0 fully saturated rings. The van der Waals surface area contributed by atoms with Gasteiger partial charge in [0, 0.05) is 6.54 Å². The number of esters is 1. The summed E-state index contributed by atoms with van der Waals surface area (Å²) < 4.78 is 11.1. The minimum Gasteiger partial charge on any atom is -0.491 e. The molecular weight excluding hydrogens is 266 g/mol. The molecule has 0 aliphatic carbocycles. The van der Waals surface area contributed by atoms with Gasteiger partial charge in [-0.1, -0.05) is 12.1 Å². The fourth-order valence-corrected chi connectivity index (χ4v) is 1.95. The maximum absolute atomic E-state index is 12.1. The number of hydrogen-bond donors (Lipinski definition) is 1. The lowest BCUT2D eigenvalue weighted by atomic mass is 9.99. The van der Waals surface area contributed by atoms with E-state index in [1.54, 1.807) is 0 Å². The van der Waals surface area contributed by atoms with Crippen molar-refractivity contribution in [2.45, 2.75) is 52.7 Å². The highest BCUT2D eigenvalue weighted by atomic mass is 16.6. The highest BCUT2D eigenvalue weighted by molar-refractivity contribution is 5.73. The molecule has 0 aliphatic heterocycles. The first-order valence-corrected chi connectivity index (χ1v) is 7.40. The van der Waals surface area contributed by atoms with Gasteiger partial charge >= 0.3 is 5.97 Å². The molecule has 0 bridgehead atoms. The number of rotatable bonds is 6. The van der Waals surface area contributed by atoms with Crippen molar-refractivity contribution in [3.63, 3.8) is 0 Å². The summed E-state index contributed by atoms with van der Waals surface area (Å²) in [5, 5.41) is 0. The van der Waals surface area contributed by atoms with E-state index in [2.05, 4.69) is 0 Å². The van der Waals surface area contributed by atoms with E-state index in [-0.39, 0.29) is 24.5 Å². The highest BCUT2D eigenvalue weighted by Crippen LogP contribution is 2.19. The second kappa shape index (κ2) is 7.46. The summed E-state index contributed by atoms with van der Waals surface area (Å²) in [6, 6.07) is 7.76. The fraction of sp³-hybridized carbons (Fsp3) is 0.588. The highest BCUT2D eigenvalue weighted by Gasteiger charge is 2.24. The van der Waals surface area contributed by atoms with Crippen LogP contribution in [-0.2, 0) is 16.0 Å². The Morgan fingerprint density at radius 3 is 2.48 bits per heavy atom. The quantitative estimate of drug-likeness (QED) is 0.819. The van der Waals surface area contributed by atoms with Crippen molar-refractivity contribution >= 4 is 5.97 Å². The summed E-state index contributed by atoms with van der Waals surface area (Å²) in [6.45, 7) is 9.80. The molecule has 0 aliphatic rings. The van der Waals surface area contributed by atoms with Gasteiger partial charge in [-0.2, -0.15) is 0 Å². The molecule has 1 atom stereocenters. The molecule has 21 heavy (non-hydrogen) atoms. The van der Waals surface area contributed by atoms with Gasteiger partial charge in [0.15, 0.2) is 0 Å². The number of carbonyl (C=O) groups is 1. The molecule has 0 aromatic heterocycles. The van der Waals surface area contributed by atoms with E-state index >= 15 is 0 Å². The molecule has 0 heterocycles. The first kappa shape index (κ1) is 17.5. The Hall–Kier alpha value is -1.55. The molecule has 2 N–H and O–H groups in total. The van der Waals surface area contributed by atoms with Gasteiger partial charge in [-0.15, -0.1) is 0 Å². The van der Waals surface area contributed by atoms with Crippen LogP contribution in [0.4, 0.5) is 0 Å². The molecule has 1 aromatic rings. The first-order chi connectivity index (χ1) is 9.71. The standard InChI is InChI=1S/C17H27NO3/c1-12(2)20-15-8-6-7-13(10-15)9-14(11-18)16(19)21-17(3,4)5/h6-8,10,12,14H,9,11,18H2,1-5H3. The Balaban J connectivity index is 2.75. The molecule has 0 saturated heterocycles. The minimum absolute atomic E-state index is 0.122. The molecule has 1 unspecified atom stereocenters. The first-order valence-electron chi connectivity index (χ1n) is 7.40. The third-order valence-electron chi connectivity index (χ3n) is 2.78. The fourth-order valence-electron chi connectivity index (χ4n) is 1.95. The number of benzene rings is 1. The van der Waals surface area contributed by atoms with Gasteiger partial charge in [0.25, 0.3) is 0 Å². The summed E-state index contributed by atoms with van der Waals surface area (Å²) in [6.07, 6.45) is 0.678. The Kier molecular flexibility index (Phi) is 6.21. The van der Waals surface area contributed by atoms with Crippen LogP contribution in [0.2, 0.25) is 0 Å². The lowest BCUT2D eigenvalue weighted by Crippen LogP contribution is -2.33. The Morgan fingerprint density at radius 2 is 1.95 bits per heavy atom. The summed E-state index contributed by atoms with van der Waals surface area (Å²) in [5.74, 6) is 0.223. The van der Waals surface area contributed by atoms with Crippen LogP contribution < -0.4 is 10.5 Å². The van der Waals surface area contributed by atoms with Gasteiger partial charge in [-0.05, 0) is 58.7 Å². The van der Waals surface area contributed by atoms with E-state index in [4.69, 9.17) is 15.2 Å². The second-order valence-electron chi connectivity index (χ2n) is 6.48. The average molecular weight is 293 g/mol. The molecule has 0 amide bonds. The van der Waals surface area contributed by atoms with Gasteiger partial charge in [0.05, 0.1) is 12.0 Å². The third-order valence-corrected chi connectivity index (χ3v) is 2.78. The van der Waals surface area contributed by atoms with Crippen molar-refractivity contribution in [1.82, 2.24) is 0 Å². The monoisotopic (exact) mass is 293 g/mol. The molecule has 118 valence electrons. The maximum atomic E-state index is 12.1. The van der Waals surface area contributed by atoms with Crippen LogP contribution in [0.15, 0.2) is 24.3 Å². The number of nitrogens with two attached hydrogens (primary N) is 1. The smallest absolute Gasteiger partial charge is 0.311 e. The Labute approximate surface area is 127 Å². The Morgan fingerprint density at radius 1 is 1.29 bits per heavy atom. The van der Waals surface area contributed by atoms with Crippen LogP contribution in [0.25, 0.3) is 0 Å². The molecule has 1 aromatic carbocycles. The van der Waals surface area contributed by atoms with Crippen molar-refractivity contribution in [3.05, 3.63) is 29.8 Å². The zero-order valence-corrected chi connectivity index (χ0v) is 13.7. The second-order valence-corrected chi connectivity index (χ2v) is 6.48. The molecular formula is C17H27NO3. The largest absolute Gasteiger partial charge is 0.491 e. The van der Waals surface area contributed by atoms with Crippen LogP contribution in [0, 0.1) is 5.92 Å². The van der Waals surface area contributed by atoms with Gasteiger partial charge in [0.1, 0.15) is 11.4 Å². The van der Waals surface area contributed by atoms with E-state index in [0.717, 1.165) is 11.3 Å². The number of carbonyl (C=O) groups excluding carboxylic acids is 1. The van der Waals surface area contributed by atoms with Gasteiger partial charge in [-0.3, -0.25) is 4.79 Å². The predicted octanol–water partition coefficient (Wildman–Crippen LogP) is 2.93. The van der Waals surface area contributed by atoms with Crippen LogP contribution in [0.3, 0.4) is 0 Å². The van der Waals surface area contributed by atoms with E-state index in [1.807, 2.05) is 58.9 Å². The van der Waals surface area contributed by atoms with Crippen molar-refractivity contribution in [3.8, 4) is 5.75 Å². The normalized spacial score (nSPS) is 13.1. The van der Waals surface area contributed by atoms with Gasteiger partial charge < -0.3 is 15.2 Å². The number of hydrogen-bond acceptors (Lipinski definition) is 4. The third kappa shape index (κ3) is 6.63. The van der Waals surface area contributed by atoms with E-state index in [1.165, 1.54) is 0 Å². The predicted molar refractivity (Wildman–Crippen MR) is 84.3 cm³/mol. The summed E-state index contributed by atoms with van der Waals surface area (Å²) in [4.78, 5) is 12.1. The SMILES string of the molecule is CC(C)Oc1cccc(CC(CN)C(=O)OC(C)(C)C)c1.